The summed E-state index contributed by atoms with van der Waals surface area (Å²) < 4.78 is 3.05. The van der Waals surface area contributed by atoms with E-state index < -0.39 is 0 Å². The Balaban J connectivity index is 1.64. The summed E-state index contributed by atoms with van der Waals surface area (Å²) in [5, 5.41) is 3.43. The number of aromatic nitrogens is 4. The maximum atomic E-state index is 4.49. The molecule has 0 spiro atoms. The Bertz CT molecular complexity index is 826. The molecule has 106 valence electrons. The molecule has 21 heavy (non-hydrogen) atoms. The minimum Gasteiger partial charge on any atom is -0.347 e. The van der Waals surface area contributed by atoms with E-state index in [0.29, 0.717) is 5.95 Å². The zero-order valence-corrected chi connectivity index (χ0v) is 13.1. The molecule has 6 heteroatoms. The summed E-state index contributed by atoms with van der Waals surface area (Å²) >= 11 is 3.53. The molecule has 0 fully saturated rings. The molecule has 1 unspecified atom stereocenters. The minimum absolute atomic E-state index is 0.272. The normalized spacial score (nSPS) is 17.1. The van der Waals surface area contributed by atoms with Crippen LogP contribution in [0.3, 0.4) is 0 Å². The third-order valence-corrected chi connectivity index (χ3v) is 4.46. The summed E-state index contributed by atoms with van der Waals surface area (Å²) in [5.41, 5.74) is 4.39. The molecule has 1 aliphatic carbocycles. The maximum Gasteiger partial charge on any atom is 0.225 e. The Labute approximate surface area is 130 Å². The Hall–Kier alpha value is -1.95. The van der Waals surface area contributed by atoms with E-state index in [2.05, 4.69) is 54.4 Å². The zero-order chi connectivity index (χ0) is 14.4. The van der Waals surface area contributed by atoms with Gasteiger partial charge >= 0.3 is 0 Å². The molecule has 0 amide bonds. The van der Waals surface area contributed by atoms with Gasteiger partial charge in [-0.05, 0) is 36.1 Å². The van der Waals surface area contributed by atoms with Gasteiger partial charge in [0.05, 0.1) is 18.6 Å². The lowest BCUT2D eigenvalue weighted by Gasteiger charge is -2.13. The third-order valence-electron chi connectivity index (χ3n) is 3.97. The Morgan fingerprint density at radius 1 is 1.33 bits per heavy atom. The molecular formula is C15H14BrN5. The Kier molecular flexibility index (Phi) is 2.92. The van der Waals surface area contributed by atoms with Gasteiger partial charge in [0.1, 0.15) is 5.52 Å². The lowest BCUT2D eigenvalue weighted by molar-refractivity contribution is 0.752. The van der Waals surface area contributed by atoms with Crippen molar-refractivity contribution in [2.75, 3.05) is 5.32 Å². The summed E-state index contributed by atoms with van der Waals surface area (Å²) in [5.74, 6) is 0.641. The molecule has 0 saturated carbocycles. The van der Waals surface area contributed by atoms with Crippen LogP contribution >= 0.6 is 15.9 Å². The van der Waals surface area contributed by atoms with Crippen molar-refractivity contribution in [1.29, 1.82) is 0 Å². The van der Waals surface area contributed by atoms with E-state index in [9.17, 15) is 0 Å². The van der Waals surface area contributed by atoms with Crippen LogP contribution in [0.5, 0.6) is 0 Å². The van der Waals surface area contributed by atoms with Crippen molar-refractivity contribution in [3.05, 3.63) is 46.3 Å². The van der Waals surface area contributed by atoms with Crippen LogP contribution in [0.15, 0.2) is 35.2 Å². The van der Waals surface area contributed by atoms with Crippen molar-refractivity contribution < 1.29 is 0 Å². The summed E-state index contributed by atoms with van der Waals surface area (Å²) in [6.45, 7) is 0. The van der Waals surface area contributed by atoms with E-state index in [1.54, 1.807) is 6.33 Å². The number of imidazole rings is 1. The van der Waals surface area contributed by atoms with Gasteiger partial charge in [-0.3, -0.25) is 0 Å². The topological polar surface area (TPSA) is 55.6 Å². The Morgan fingerprint density at radius 2 is 2.24 bits per heavy atom. The highest BCUT2D eigenvalue weighted by Gasteiger charge is 2.23. The van der Waals surface area contributed by atoms with Gasteiger partial charge in [-0.25, -0.2) is 9.97 Å². The number of hydrogen-bond acceptors (Lipinski definition) is 4. The number of rotatable bonds is 2. The monoisotopic (exact) mass is 343 g/mol. The first-order valence-corrected chi connectivity index (χ1v) is 7.69. The number of anilines is 1. The standard InChI is InChI=1S/C15H14BrN5/c1-21-8-18-14-13(21)7-17-15(20-14)19-12-5-2-9-6-10(16)3-4-11(9)12/h3-4,6-8,12H,2,5H2,1H3,(H,17,19,20). The number of fused-ring (bicyclic) bond motifs is 2. The van der Waals surface area contributed by atoms with Gasteiger partial charge in [0.15, 0.2) is 5.65 Å². The highest BCUT2D eigenvalue weighted by molar-refractivity contribution is 9.10. The third kappa shape index (κ3) is 2.19. The van der Waals surface area contributed by atoms with Gasteiger partial charge in [-0.15, -0.1) is 0 Å². The smallest absolute Gasteiger partial charge is 0.225 e. The number of benzene rings is 1. The van der Waals surface area contributed by atoms with Gasteiger partial charge in [-0.2, -0.15) is 4.98 Å². The van der Waals surface area contributed by atoms with Crippen LogP contribution in [-0.2, 0) is 13.5 Å². The molecular weight excluding hydrogens is 330 g/mol. The average molecular weight is 344 g/mol. The predicted octanol–water partition coefficient (Wildman–Crippen LogP) is 3.23. The Morgan fingerprint density at radius 3 is 3.14 bits per heavy atom. The molecule has 1 atom stereocenters. The lowest BCUT2D eigenvalue weighted by Crippen LogP contribution is -2.10. The zero-order valence-electron chi connectivity index (χ0n) is 11.5. The van der Waals surface area contributed by atoms with Crippen LogP contribution in [0.1, 0.15) is 23.6 Å². The van der Waals surface area contributed by atoms with Crippen LogP contribution in [0, 0.1) is 0 Å². The molecule has 1 aliphatic rings. The quantitative estimate of drug-likeness (QED) is 0.776. The molecule has 0 bridgehead atoms. The van der Waals surface area contributed by atoms with Gasteiger partial charge < -0.3 is 9.88 Å². The van der Waals surface area contributed by atoms with Crippen molar-refractivity contribution in [3.63, 3.8) is 0 Å². The number of hydrogen-bond donors (Lipinski definition) is 1. The van der Waals surface area contributed by atoms with Crippen LogP contribution in [0.2, 0.25) is 0 Å². The molecule has 4 rings (SSSR count). The largest absolute Gasteiger partial charge is 0.347 e. The second kappa shape index (κ2) is 4.80. The van der Waals surface area contributed by atoms with Crippen molar-refractivity contribution >= 4 is 33.0 Å². The fourth-order valence-electron chi connectivity index (χ4n) is 2.88. The molecule has 1 N–H and O–H groups in total. The van der Waals surface area contributed by atoms with Crippen LogP contribution in [-0.4, -0.2) is 19.5 Å². The SMILES string of the molecule is Cn1cnc2nc(NC3CCc4cc(Br)ccc43)ncc21. The molecule has 0 aliphatic heterocycles. The number of aryl methyl sites for hydroxylation is 2. The van der Waals surface area contributed by atoms with Crippen molar-refractivity contribution in [2.45, 2.75) is 18.9 Å². The molecule has 5 nitrogen and oxygen atoms in total. The molecule has 2 aromatic heterocycles. The summed E-state index contributed by atoms with van der Waals surface area (Å²) in [4.78, 5) is 13.2. The van der Waals surface area contributed by atoms with E-state index in [4.69, 9.17) is 0 Å². The van der Waals surface area contributed by atoms with Crippen LogP contribution < -0.4 is 5.32 Å². The van der Waals surface area contributed by atoms with E-state index >= 15 is 0 Å². The summed E-state index contributed by atoms with van der Waals surface area (Å²) in [6, 6.07) is 6.72. The fourth-order valence-corrected chi connectivity index (χ4v) is 3.28. The highest BCUT2D eigenvalue weighted by Crippen LogP contribution is 2.34. The van der Waals surface area contributed by atoms with E-state index in [1.807, 2.05) is 17.8 Å². The first-order valence-electron chi connectivity index (χ1n) is 6.89. The van der Waals surface area contributed by atoms with Gasteiger partial charge in [0.25, 0.3) is 0 Å². The average Bonchev–Trinajstić information content (AvgIpc) is 3.03. The molecule has 2 heterocycles. The molecule has 1 aromatic carbocycles. The number of nitrogens with one attached hydrogen (secondary N) is 1. The first kappa shape index (κ1) is 12.8. The van der Waals surface area contributed by atoms with Gasteiger partial charge in [0, 0.05) is 11.5 Å². The van der Waals surface area contributed by atoms with Crippen molar-refractivity contribution in [2.24, 2.45) is 7.05 Å². The molecule has 0 radical (unpaired) electrons. The predicted molar refractivity (Wildman–Crippen MR) is 85.1 cm³/mol. The summed E-state index contributed by atoms with van der Waals surface area (Å²) in [7, 11) is 1.94. The van der Waals surface area contributed by atoms with Gasteiger partial charge in [0.2, 0.25) is 5.95 Å². The second-order valence-electron chi connectivity index (χ2n) is 5.34. The van der Waals surface area contributed by atoms with E-state index in [0.717, 1.165) is 28.5 Å². The van der Waals surface area contributed by atoms with Crippen LogP contribution in [0.25, 0.3) is 11.2 Å². The van der Waals surface area contributed by atoms with E-state index in [-0.39, 0.29) is 6.04 Å². The highest BCUT2D eigenvalue weighted by atomic mass is 79.9. The first-order chi connectivity index (χ1) is 10.2. The fraction of sp³-hybridized carbons (Fsp3) is 0.267. The summed E-state index contributed by atoms with van der Waals surface area (Å²) in [6.07, 6.45) is 5.72. The lowest BCUT2D eigenvalue weighted by atomic mass is 10.1. The van der Waals surface area contributed by atoms with E-state index in [1.165, 1.54) is 11.1 Å². The molecule has 0 saturated heterocycles. The maximum absolute atomic E-state index is 4.49. The van der Waals surface area contributed by atoms with Crippen molar-refractivity contribution in [3.8, 4) is 0 Å². The van der Waals surface area contributed by atoms with Gasteiger partial charge in [-0.1, -0.05) is 22.0 Å². The number of halogens is 1. The molecule has 3 aromatic rings. The van der Waals surface area contributed by atoms with Crippen molar-refractivity contribution in [1.82, 2.24) is 19.5 Å². The van der Waals surface area contributed by atoms with Crippen LogP contribution in [0.4, 0.5) is 5.95 Å². The second-order valence-corrected chi connectivity index (χ2v) is 6.25. The number of nitrogens with zero attached hydrogens (tertiary/aromatic N) is 4. The minimum atomic E-state index is 0.272.